The number of rotatable bonds is 7. The first-order chi connectivity index (χ1) is 15.7. The van der Waals surface area contributed by atoms with Crippen LogP contribution < -0.4 is 4.74 Å². The van der Waals surface area contributed by atoms with Crippen molar-refractivity contribution in [1.82, 2.24) is 24.5 Å². The quantitative estimate of drug-likeness (QED) is 0.350. The number of aromatic carboxylic acids is 1. The highest BCUT2D eigenvalue weighted by molar-refractivity contribution is 9.10. The molecule has 8 nitrogen and oxygen atoms in total. The fourth-order valence-electron chi connectivity index (χ4n) is 4.13. The van der Waals surface area contributed by atoms with Gasteiger partial charge >= 0.3 is 5.97 Å². The molecule has 0 spiro atoms. The van der Waals surface area contributed by atoms with E-state index in [4.69, 9.17) is 16.3 Å². The fraction of sp³-hybridized carbons (Fsp3) is 0.304. The molecule has 4 rings (SSSR count). The van der Waals surface area contributed by atoms with Gasteiger partial charge in [-0.1, -0.05) is 28.9 Å². The zero-order chi connectivity index (χ0) is 23.9. The van der Waals surface area contributed by atoms with Gasteiger partial charge in [0, 0.05) is 24.0 Å². The number of nitrogens with zero attached hydrogens (tertiary/aromatic N) is 5. The molecule has 0 saturated carbocycles. The lowest BCUT2D eigenvalue weighted by atomic mass is 9.87. The molecule has 2 heterocycles. The Morgan fingerprint density at radius 3 is 2.55 bits per heavy atom. The molecule has 33 heavy (non-hydrogen) atoms. The first kappa shape index (κ1) is 23.3. The number of aromatic nitrogens is 5. The van der Waals surface area contributed by atoms with Gasteiger partial charge in [0.15, 0.2) is 15.9 Å². The van der Waals surface area contributed by atoms with Crippen molar-refractivity contribution in [1.29, 1.82) is 0 Å². The standard InChI is InChI=1S/C23H23BrClN5O3/c1-12(2)30-21(20(22(31)32)26-23(30)24)16(14-5-7-15(25)8-6-14)9-13-10-17-19(18(11-13)33-4)27-28-29(17)3/h5-8,10-12,16H,9H2,1-4H3,(H,31,32). The van der Waals surface area contributed by atoms with E-state index in [0.717, 1.165) is 16.6 Å². The minimum Gasteiger partial charge on any atom is -0.494 e. The predicted molar refractivity (Wildman–Crippen MR) is 129 cm³/mol. The van der Waals surface area contributed by atoms with E-state index in [1.807, 2.05) is 61.9 Å². The van der Waals surface area contributed by atoms with Gasteiger partial charge in [-0.15, -0.1) is 5.10 Å². The van der Waals surface area contributed by atoms with E-state index in [9.17, 15) is 9.90 Å². The minimum absolute atomic E-state index is 0.0111. The van der Waals surface area contributed by atoms with Gasteiger partial charge in [0.1, 0.15) is 5.75 Å². The zero-order valence-corrected chi connectivity index (χ0v) is 20.9. The van der Waals surface area contributed by atoms with Crippen LogP contribution in [0.1, 0.15) is 53.1 Å². The highest BCUT2D eigenvalue weighted by atomic mass is 79.9. The van der Waals surface area contributed by atoms with Crippen molar-refractivity contribution in [2.24, 2.45) is 7.05 Å². The number of fused-ring (bicyclic) bond motifs is 1. The number of hydrogen-bond donors (Lipinski definition) is 1. The Bertz CT molecular complexity index is 1330. The van der Waals surface area contributed by atoms with Crippen LogP contribution in [0.3, 0.4) is 0 Å². The maximum Gasteiger partial charge on any atom is 0.356 e. The monoisotopic (exact) mass is 531 g/mol. The summed E-state index contributed by atoms with van der Waals surface area (Å²) in [5, 5.41) is 18.9. The third-order valence-corrected chi connectivity index (χ3v) is 6.44. The molecule has 1 N–H and O–H groups in total. The summed E-state index contributed by atoms with van der Waals surface area (Å²) in [6, 6.07) is 11.4. The summed E-state index contributed by atoms with van der Waals surface area (Å²) in [6.45, 7) is 3.99. The van der Waals surface area contributed by atoms with Crippen LogP contribution in [0.5, 0.6) is 5.75 Å². The lowest BCUT2D eigenvalue weighted by molar-refractivity contribution is 0.0689. The number of imidazole rings is 1. The Hall–Kier alpha value is -2.91. The van der Waals surface area contributed by atoms with Crippen LogP contribution in [-0.4, -0.2) is 42.7 Å². The van der Waals surface area contributed by atoms with E-state index in [1.54, 1.807) is 11.8 Å². The van der Waals surface area contributed by atoms with E-state index in [0.29, 0.717) is 33.1 Å². The summed E-state index contributed by atoms with van der Waals surface area (Å²) in [4.78, 5) is 16.5. The van der Waals surface area contributed by atoms with Crippen molar-refractivity contribution in [3.63, 3.8) is 0 Å². The van der Waals surface area contributed by atoms with Gasteiger partial charge in [-0.25, -0.2) is 14.5 Å². The zero-order valence-electron chi connectivity index (χ0n) is 18.6. The number of methoxy groups -OCH3 is 1. The summed E-state index contributed by atoms with van der Waals surface area (Å²) < 4.78 is 9.66. The van der Waals surface area contributed by atoms with Crippen molar-refractivity contribution in [3.8, 4) is 5.75 Å². The van der Waals surface area contributed by atoms with E-state index in [1.165, 1.54) is 0 Å². The lowest BCUT2D eigenvalue weighted by Gasteiger charge is -2.23. The molecule has 0 bridgehead atoms. The lowest BCUT2D eigenvalue weighted by Crippen LogP contribution is -2.17. The number of halogens is 2. The molecule has 0 amide bonds. The second-order valence-electron chi connectivity index (χ2n) is 8.07. The van der Waals surface area contributed by atoms with Gasteiger partial charge in [-0.05, 0) is 71.6 Å². The third-order valence-electron chi connectivity index (χ3n) is 5.63. The average Bonchev–Trinajstić information content (AvgIpc) is 3.32. The average molecular weight is 533 g/mol. The molecule has 172 valence electrons. The molecular weight excluding hydrogens is 510 g/mol. The smallest absolute Gasteiger partial charge is 0.356 e. The number of carboxylic acids is 1. The summed E-state index contributed by atoms with van der Waals surface area (Å²) in [6.07, 6.45) is 0.504. The van der Waals surface area contributed by atoms with Crippen molar-refractivity contribution in [3.05, 3.63) is 68.7 Å². The van der Waals surface area contributed by atoms with E-state index in [2.05, 4.69) is 31.2 Å². The van der Waals surface area contributed by atoms with E-state index >= 15 is 0 Å². The van der Waals surface area contributed by atoms with Gasteiger partial charge in [0.05, 0.1) is 18.3 Å². The molecule has 1 atom stereocenters. The van der Waals surface area contributed by atoms with Gasteiger partial charge in [-0.2, -0.15) is 0 Å². The van der Waals surface area contributed by atoms with Crippen molar-refractivity contribution >= 4 is 44.5 Å². The first-order valence-electron chi connectivity index (χ1n) is 10.3. The summed E-state index contributed by atoms with van der Waals surface area (Å²) in [5.74, 6) is -0.770. The van der Waals surface area contributed by atoms with Crippen molar-refractivity contribution in [2.75, 3.05) is 7.11 Å². The molecule has 10 heteroatoms. The number of ether oxygens (including phenoxy) is 1. The molecule has 2 aromatic carbocycles. The molecule has 2 aromatic heterocycles. The number of carboxylic acid groups (broad SMARTS) is 1. The molecule has 0 aliphatic rings. The molecule has 0 aliphatic carbocycles. The van der Waals surface area contributed by atoms with Crippen LogP contribution in [0.25, 0.3) is 11.0 Å². The van der Waals surface area contributed by atoms with Crippen molar-refractivity contribution < 1.29 is 14.6 Å². The van der Waals surface area contributed by atoms with Gasteiger partial charge < -0.3 is 14.4 Å². The summed E-state index contributed by atoms with van der Waals surface area (Å²) >= 11 is 9.61. The summed E-state index contributed by atoms with van der Waals surface area (Å²) in [5.41, 5.74) is 4.02. The SMILES string of the molecule is COc1cc(CC(c2ccc(Cl)cc2)c2c(C(=O)O)nc(Br)n2C(C)C)cc2c1nnn2C. The molecule has 0 aliphatic heterocycles. The molecule has 0 fully saturated rings. The van der Waals surface area contributed by atoms with Crippen LogP contribution in [-0.2, 0) is 13.5 Å². The van der Waals surface area contributed by atoms with Gasteiger partial charge in [-0.3, -0.25) is 0 Å². The van der Waals surface area contributed by atoms with Gasteiger partial charge in [0.25, 0.3) is 0 Å². The van der Waals surface area contributed by atoms with Crippen LogP contribution in [0, 0.1) is 0 Å². The number of aryl methyl sites for hydroxylation is 1. The number of benzene rings is 2. The topological polar surface area (TPSA) is 95.1 Å². The Kier molecular flexibility index (Phi) is 6.45. The molecular formula is C23H23BrClN5O3. The van der Waals surface area contributed by atoms with Crippen LogP contribution >= 0.6 is 27.5 Å². The Morgan fingerprint density at radius 1 is 1.24 bits per heavy atom. The molecule has 1 unspecified atom stereocenters. The second kappa shape index (κ2) is 9.15. The van der Waals surface area contributed by atoms with Crippen molar-refractivity contribution in [2.45, 2.75) is 32.2 Å². The Labute approximate surface area is 204 Å². The van der Waals surface area contributed by atoms with E-state index < -0.39 is 5.97 Å². The van der Waals surface area contributed by atoms with Crippen LogP contribution in [0.4, 0.5) is 0 Å². The maximum atomic E-state index is 12.2. The molecule has 0 saturated heterocycles. The number of hydrogen-bond acceptors (Lipinski definition) is 5. The predicted octanol–water partition coefficient (Wildman–Crippen LogP) is 5.24. The van der Waals surface area contributed by atoms with Crippen LogP contribution in [0.15, 0.2) is 41.1 Å². The first-order valence-corrected chi connectivity index (χ1v) is 11.5. The molecule has 4 aromatic rings. The highest BCUT2D eigenvalue weighted by Gasteiger charge is 2.30. The highest BCUT2D eigenvalue weighted by Crippen LogP contribution is 2.37. The molecule has 0 radical (unpaired) electrons. The Morgan fingerprint density at radius 2 is 1.94 bits per heavy atom. The summed E-state index contributed by atoms with van der Waals surface area (Å²) in [7, 11) is 3.42. The normalized spacial score (nSPS) is 12.5. The Balaban J connectivity index is 1.94. The fourth-order valence-corrected chi connectivity index (χ4v) is 5.03. The van der Waals surface area contributed by atoms with Gasteiger partial charge in [0.2, 0.25) is 0 Å². The third kappa shape index (κ3) is 4.35. The minimum atomic E-state index is -1.08. The second-order valence-corrected chi connectivity index (χ2v) is 9.22. The number of carbonyl (C=O) groups is 1. The largest absolute Gasteiger partial charge is 0.494 e. The van der Waals surface area contributed by atoms with Crippen LogP contribution in [0.2, 0.25) is 5.02 Å². The maximum absolute atomic E-state index is 12.2. The van der Waals surface area contributed by atoms with E-state index in [-0.39, 0.29) is 17.7 Å².